The average molecular weight is 428 g/mol. The number of thioether (sulfide) groups is 1. The highest BCUT2D eigenvalue weighted by atomic mass is 32.2. The van der Waals surface area contributed by atoms with Gasteiger partial charge in [-0.15, -0.1) is 0 Å². The number of aromatic nitrogens is 2. The van der Waals surface area contributed by atoms with Crippen molar-refractivity contribution in [2.75, 3.05) is 0 Å². The lowest BCUT2D eigenvalue weighted by Crippen LogP contribution is -1.96. The Hall–Kier alpha value is -4.09. The quantitative estimate of drug-likeness (QED) is 0.175. The van der Waals surface area contributed by atoms with Crippen LogP contribution in [0.15, 0.2) is 82.9 Å². The summed E-state index contributed by atoms with van der Waals surface area (Å²) in [5, 5.41) is 20.9. The molecule has 1 aromatic heterocycles. The number of nitro groups is 1. The smallest absolute Gasteiger partial charge is 0.269 e. The van der Waals surface area contributed by atoms with E-state index in [1.807, 2.05) is 48.5 Å². The van der Waals surface area contributed by atoms with E-state index in [0.29, 0.717) is 22.4 Å². The lowest BCUT2D eigenvalue weighted by atomic mass is 10.2. The normalized spacial score (nSPS) is 11.3. The molecular weight excluding hydrogens is 412 g/mol. The van der Waals surface area contributed by atoms with Gasteiger partial charge in [0.1, 0.15) is 18.4 Å². The van der Waals surface area contributed by atoms with Crippen LogP contribution >= 0.6 is 11.8 Å². The summed E-state index contributed by atoms with van der Waals surface area (Å²) in [6.07, 6.45) is 1.79. The van der Waals surface area contributed by atoms with Crippen LogP contribution in [0.1, 0.15) is 11.1 Å². The third kappa shape index (κ3) is 5.10. The summed E-state index contributed by atoms with van der Waals surface area (Å²) in [5.74, 6) is 0.666. The molecule has 1 heterocycles. The van der Waals surface area contributed by atoms with E-state index < -0.39 is 4.92 Å². The molecule has 0 saturated carbocycles. The largest absolute Gasteiger partial charge is 0.489 e. The fourth-order valence-corrected chi connectivity index (χ4v) is 3.61. The first kappa shape index (κ1) is 20.2. The van der Waals surface area contributed by atoms with Crippen LogP contribution in [0.3, 0.4) is 0 Å². The molecular formula is C23H16N4O3S. The average Bonchev–Trinajstić information content (AvgIpc) is 3.21. The zero-order chi connectivity index (χ0) is 21.6. The van der Waals surface area contributed by atoms with Crippen LogP contribution in [0.4, 0.5) is 5.69 Å². The number of nitrogens with zero attached hydrogens (tertiary/aromatic N) is 3. The molecule has 7 nitrogen and oxygen atoms in total. The summed E-state index contributed by atoms with van der Waals surface area (Å²) >= 11 is 1.28. The summed E-state index contributed by atoms with van der Waals surface area (Å²) < 4.78 is 5.73. The van der Waals surface area contributed by atoms with E-state index >= 15 is 0 Å². The number of nitro benzene ring substituents is 1. The van der Waals surface area contributed by atoms with E-state index in [1.165, 1.54) is 23.9 Å². The zero-order valence-electron chi connectivity index (χ0n) is 16.2. The van der Waals surface area contributed by atoms with Crippen molar-refractivity contribution >= 4 is 34.6 Å². The molecule has 4 rings (SSSR count). The van der Waals surface area contributed by atoms with E-state index in [0.717, 1.165) is 22.2 Å². The molecule has 0 atom stereocenters. The highest BCUT2D eigenvalue weighted by Gasteiger charge is 2.07. The number of hydrogen-bond donors (Lipinski definition) is 1. The van der Waals surface area contributed by atoms with Gasteiger partial charge in [-0.2, -0.15) is 5.26 Å². The van der Waals surface area contributed by atoms with Gasteiger partial charge >= 0.3 is 0 Å². The maximum absolute atomic E-state index is 10.7. The Labute approximate surface area is 182 Å². The van der Waals surface area contributed by atoms with Crippen molar-refractivity contribution < 1.29 is 9.66 Å². The van der Waals surface area contributed by atoms with Gasteiger partial charge in [0.15, 0.2) is 5.16 Å². The van der Waals surface area contributed by atoms with Crippen molar-refractivity contribution in [3.63, 3.8) is 0 Å². The van der Waals surface area contributed by atoms with Crippen molar-refractivity contribution in [1.29, 1.82) is 5.26 Å². The van der Waals surface area contributed by atoms with Gasteiger partial charge in [0.05, 0.1) is 20.9 Å². The number of non-ortho nitro benzene ring substituents is 1. The number of nitrogens with one attached hydrogen (secondary N) is 1. The highest BCUT2D eigenvalue weighted by Crippen LogP contribution is 2.28. The van der Waals surface area contributed by atoms with Gasteiger partial charge in [-0.3, -0.25) is 10.1 Å². The molecule has 0 fully saturated rings. The van der Waals surface area contributed by atoms with Crippen LogP contribution in [0.25, 0.3) is 17.1 Å². The molecule has 0 aliphatic carbocycles. The highest BCUT2D eigenvalue weighted by molar-refractivity contribution is 8.03. The first-order valence-electron chi connectivity index (χ1n) is 9.31. The predicted molar refractivity (Wildman–Crippen MR) is 119 cm³/mol. The molecule has 8 heteroatoms. The van der Waals surface area contributed by atoms with Crippen molar-refractivity contribution in [2.24, 2.45) is 0 Å². The van der Waals surface area contributed by atoms with Crippen LogP contribution in [0, 0.1) is 21.4 Å². The first-order valence-corrected chi connectivity index (χ1v) is 10.1. The van der Waals surface area contributed by atoms with Crippen LogP contribution in [0.5, 0.6) is 5.75 Å². The van der Waals surface area contributed by atoms with Crippen LogP contribution in [-0.4, -0.2) is 14.9 Å². The van der Waals surface area contributed by atoms with E-state index in [1.54, 1.807) is 18.2 Å². The van der Waals surface area contributed by atoms with Crippen LogP contribution < -0.4 is 4.74 Å². The second-order valence-corrected chi connectivity index (χ2v) is 7.59. The van der Waals surface area contributed by atoms with Gasteiger partial charge < -0.3 is 9.72 Å². The number of para-hydroxylation sites is 2. The molecule has 4 aromatic rings. The lowest BCUT2D eigenvalue weighted by Gasteiger charge is -2.06. The molecule has 0 spiro atoms. The summed E-state index contributed by atoms with van der Waals surface area (Å²) in [6.45, 7) is 0.304. The molecule has 0 aliphatic rings. The molecule has 31 heavy (non-hydrogen) atoms. The van der Waals surface area contributed by atoms with E-state index in [2.05, 4.69) is 16.0 Å². The number of H-pyrrole nitrogens is 1. The number of ether oxygens (including phenoxy) is 1. The minimum absolute atomic E-state index is 0.0497. The number of fused-ring (bicyclic) bond motifs is 1. The van der Waals surface area contributed by atoms with Gasteiger partial charge in [0.2, 0.25) is 0 Å². The zero-order valence-corrected chi connectivity index (χ0v) is 17.0. The van der Waals surface area contributed by atoms with Crippen molar-refractivity contribution in [3.05, 3.63) is 98.9 Å². The van der Waals surface area contributed by atoms with Crippen molar-refractivity contribution in [2.45, 2.75) is 11.8 Å². The first-order chi connectivity index (χ1) is 15.1. The van der Waals surface area contributed by atoms with E-state index in [4.69, 9.17) is 4.74 Å². The molecule has 0 amide bonds. The van der Waals surface area contributed by atoms with E-state index in [9.17, 15) is 15.4 Å². The monoisotopic (exact) mass is 428 g/mol. The van der Waals surface area contributed by atoms with Crippen LogP contribution in [-0.2, 0) is 6.61 Å². The van der Waals surface area contributed by atoms with Gasteiger partial charge in [0, 0.05) is 12.1 Å². The molecule has 0 radical (unpaired) electrons. The SMILES string of the molecule is N#C/C(=C\c1ccc(OCc2ccc([N+](=O)[O-])cc2)cc1)Sc1nc2ccccc2[nH]1. The third-order valence-corrected chi connectivity index (χ3v) is 5.23. The number of rotatable bonds is 7. The Morgan fingerprint density at radius 1 is 1.13 bits per heavy atom. The van der Waals surface area contributed by atoms with Crippen molar-refractivity contribution in [3.8, 4) is 11.8 Å². The Bertz CT molecular complexity index is 1260. The number of imidazole rings is 1. The summed E-state index contributed by atoms with van der Waals surface area (Å²) in [7, 11) is 0. The number of allylic oxidation sites excluding steroid dienone is 1. The molecule has 0 bridgehead atoms. The predicted octanol–water partition coefficient (Wildman–Crippen LogP) is 5.71. The van der Waals surface area contributed by atoms with Gasteiger partial charge in [0.25, 0.3) is 5.69 Å². The second-order valence-electron chi connectivity index (χ2n) is 6.56. The topological polar surface area (TPSA) is 105 Å². The lowest BCUT2D eigenvalue weighted by molar-refractivity contribution is -0.384. The van der Waals surface area contributed by atoms with Crippen LogP contribution in [0.2, 0.25) is 0 Å². The van der Waals surface area contributed by atoms with Gasteiger partial charge in [-0.1, -0.05) is 24.3 Å². The molecule has 152 valence electrons. The maximum Gasteiger partial charge on any atom is 0.269 e. The Kier molecular flexibility index (Phi) is 5.96. The molecule has 1 N–H and O–H groups in total. The Morgan fingerprint density at radius 3 is 2.55 bits per heavy atom. The summed E-state index contributed by atoms with van der Waals surface area (Å²) in [6, 6.07) is 23.5. The van der Waals surface area contributed by atoms with Crippen molar-refractivity contribution in [1.82, 2.24) is 9.97 Å². The fourth-order valence-electron chi connectivity index (χ4n) is 2.86. The minimum Gasteiger partial charge on any atom is -0.489 e. The number of nitriles is 1. The summed E-state index contributed by atoms with van der Waals surface area (Å²) in [5.41, 5.74) is 3.54. The Morgan fingerprint density at radius 2 is 1.87 bits per heavy atom. The van der Waals surface area contributed by atoms with Gasteiger partial charge in [-0.25, -0.2) is 4.98 Å². The number of aromatic amines is 1. The fraction of sp³-hybridized carbons (Fsp3) is 0.0435. The Balaban J connectivity index is 1.39. The second kappa shape index (κ2) is 9.15. The number of hydrogen-bond acceptors (Lipinski definition) is 6. The molecule has 3 aromatic carbocycles. The molecule has 0 unspecified atom stereocenters. The number of benzene rings is 3. The molecule has 0 saturated heterocycles. The third-order valence-electron chi connectivity index (χ3n) is 4.41. The summed E-state index contributed by atoms with van der Waals surface area (Å²) in [4.78, 5) is 18.5. The standard InChI is InChI=1S/C23H16N4O3S/c24-14-20(31-23-25-21-3-1-2-4-22(21)26-23)13-16-7-11-19(12-8-16)30-15-17-5-9-18(10-6-17)27(28)29/h1-13H,15H2,(H,25,26)/b20-13+. The molecule has 0 aliphatic heterocycles. The minimum atomic E-state index is -0.432. The van der Waals surface area contributed by atoms with E-state index in [-0.39, 0.29) is 5.69 Å². The maximum atomic E-state index is 10.7. The van der Waals surface area contributed by atoms with Gasteiger partial charge in [-0.05, 0) is 65.4 Å².